The topological polar surface area (TPSA) is 40.6 Å². The van der Waals surface area contributed by atoms with Crippen LogP contribution in [0.3, 0.4) is 0 Å². The van der Waals surface area contributed by atoms with Crippen molar-refractivity contribution in [2.45, 2.75) is 44.0 Å². The molecule has 122 valence electrons. The lowest BCUT2D eigenvalue weighted by Crippen LogP contribution is -2.43. The van der Waals surface area contributed by atoms with Gasteiger partial charge in [0.15, 0.2) is 0 Å². The Balaban J connectivity index is 1.84. The fourth-order valence-corrected chi connectivity index (χ4v) is 5.71. The second-order valence-corrected chi connectivity index (χ2v) is 8.48. The fraction of sp³-hybridized carbons (Fsp3) is 0.625. The van der Waals surface area contributed by atoms with Crippen LogP contribution in [-0.2, 0) is 15.8 Å². The van der Waals surface area contributed by atoms with Crippen LogP contribution >= 0.6 is 0 Å². The van der Waals surface area contributed by atoms with Gasteiger partial charge >= 0.3 is 0 Å². The molecule has 2 heterocycles. The molecule has 0 saturated carbocycles. The van der Waals surface area contributed by atoms with E-state index in [1.165, 1.54) is 6.07 Å². The third-order valence-electron chi connectivity index (χ3n) is 4.83. The zero-order valence-electron chi connectivity index (χ0n) is 13.1. The highest BCUT2D eigenvalue weighted by molar-refractivity contribution is 7.88. The monoisotopic (exact) mass is 326 g/mol. The number of hydrogen-bond acceptors (Lipinski definition) is 3. The molecule has 2 aliphatic heterocycles. The van der Waals surface area contributed by atoms with Crippen molar-refractivity contribution in [2.75, 3.05) is 20.1 Å². The van der Waals surface area contributed by atoms with E-state index in [1.807, 2.05) is 7.05 Å². The van der Waals surface area contributed by atoms with Crippen molar-refractivity contribution in [1.29, 1.82) is 0 Å². The van der Waals surface area contributed by atoms with Crippen molar-refractivity contribution in [2.24, 2.45) is 0 Å². The van der Waals surface area contributed by atoms with Crippen LogP contribution in [0, 0.1) is 12.7 Å². The summed E-state index contributed by atoms with van der Waals surface area (Å²) in [7, 11) is -1.37. The van der Waals surface area contributed by atoms with E-state index in [0.717, 1.165) is 32.4 Å². The predicted octanol–water partition coefficient (Wildman–Crippen LogP) is 2.13. The van der Waals surface area contributed by atoms with Gasteiger partial charge in [-0.05, 0) is 57.0 Å². The molecule has 6 heteroatoms. The summed E-state index contributed by atoms with van der Waals surface area (Å²) in [6.07, 6.45) is 2.75. The van der Waals surface area contributed by atoms with E-state index in [1.54, 1.807) is 23.4 Å². The van der Waals surface area contributed by atoms with Crippen LogP contribution in [0.25, 0.3) is 0 Å². The van der Waals surface area contributed by atoms with Crippen LogP contribution in [-0.4, -0.2) is 49.8 Å². The Kier molecular flexibility index (Phi) is 4.27. The molecule has 2 aliphatic rings. The van der Waals surface area contributed by atoms with Gasteiger partial charge in [-0.25, -0.2) is 12.8 Å². The Morgan fingerprint density at radius 2 is 1.95 bits per heavy atom. The molecule has 22 heavy (non-hydrogen) atoms. The van der Waals surface area contributed by atoms with Gasteiger partial charge in [0.1, 0.15) is 5.82 Å². The summed E-state index contributed by atoms with van der Waals surface area (Å²) in [5, 5.41) is 0. The minimum absolute atomic E-state index is 0.0674. The maximum absolute atomic E-state index is 13.7. The number of sulfonamides is 1. The molecule has 4 nitrogen and oxygen atoms in total. The summed E-state index contributed by atoms with van der Waals surface area (Å²) in [6, 6.07) is 4.87. The number of rotatable bonds is 3. The summed E-state index contributed by atoms with van der Waals surface area (Å²) in [5.74, 6) is -0.452. The molecule has 0 amide bonds. The van der Waals surface area contributed by atoms with Gasteiger partial charge in [0.2, 0.25) is 10.0 Å². The quantitative estimate of drug-likeness (QED) is 0.854. The zero-order chi connectivity index (χ0) is 15.9. The van der Waals surface area contributed by atoms with Crippen LogP contribution in [0.15, 0.2) is 18.2 Å². The average Bonchev–Trinajstić information content (AvgIpc) is 2.75. The third-order valence-corrected chi connectivity index (χ3v) is 6.76. The minimum Gasteiger partial charge on any atom is -0.305 e. The van der Waals surface area contributed by atoms with Crippen LogP contribution in [0.5, 0.6) is 0 Å². The van der Waals surface area contributed by atoms with Gasteiger partial charge < -0.3 is 4.90 Å². The molecule has 0 aromatic heterocycles. The molecule has 0 radical (unpaired) electrons. The average molecular weight is 326 g/mol. The van der Waals surface area contributed by atoms with Crippen molar-refractivity contribution in [1.82, 2.24) is 9.21 Å². The first-order valence-corrected chi connectivity index (χ1v) is 9.42. The molecule has 3 rings (SSSR count). The zero-order valence-corrected chi connectivity index (χ0v) is 13.9. The normalized spacial score (nSPS) is 27.0. The van der Waals surface area contributed by atoms with Gasteiger partial charge in [-0.1, -0.05) is 12.1 Å². The molecule has 0 N–H and O–H groups in total. The predicted molar refractivity (Wildman–Crippen MR) is 84.5 cm³/mol. The molecule has 2 bridgehead atoms. The molecular weight excluding hydrogens is 303 g/mol. The lowest BCUT2D eigenvalue weighted by Gasteiger charge is -2.27. The molecule has 0 spiro atoms. The molecular formula is C16H23FN2O2S. The summed E-state index contributed by atoms with van der Waals surface area (Å²) < 4.78 is 41.1. The molecule has 1 aromatic carbocycles. The van der Waals surface area contributed by atoms with Crippen molar-refractivity contribution < 1.29 is 12.8 Å². The van der Waals surface area contributed by atoms with Crippen molar-refractivity contribution in [3.05, 3.63) is 35.1 Å². The number of nitrogens with zero attached hydrogens (tertiary/aromatic N) is 2. The van der Waals surface area contributed by atoms with Gasteiger partial charge in [0, 0.05) is 18.6 Å². The molecule has 2 fully saturated rings. The number of likely N-dealkylation sites (tertiary alicyclic amines) is 1. The van der Waals surface area contributed by atoms with Crippen molar-refractivity contribution in [3.63, 3.8) is 0 Å². The summed E-state index contributed by atoms with van der Waals surface area (Å²) in [4.78, 5) is 2.21. The first kappa shape index (κ1) is 15.9. The summed E-state index contributed by atoms with van der Waals surface area (Å²) in [5.41, 5.74) is 1.07. The van der Waals surface area contributed by atoms with E-state index in [4.69, 9.17) is 0 Å². The largest absolute Gasteiger partial charge is 0.305 e. The smallest absolute Gasteiger partial charge is 0.218 e. The Hall–Kier alpha value is -0.980. The Morgan fingerprint density at radius 3 is 2.68 bits per heavy atom. The number of halogens is 1. The van der Waals surface area contributed by atoms with Crippen LogP contribution in [0.4, 0.5) is 4.39 Å². The maximum atomic E-state index is 13.7. The van der Waals surface area contributed by atoms with Gasteiger partial charge in [0.05, 0.1) is 5.75 Å². The van der Waals surface area contributed by atoms with Gasteiger partial charge in [-0.15, -0.1) is 0 Å². The van der Waals surface area contributed by atoms with E-state index in [-0.39, 0.29) is 23.7 Å². The number of fused-ring (bicyclic) bond motifs is 2. The van der Waals surface area contributed by atoms with E-state index >= 15 is 0 Å². The van der Waals surface area contributed by atoms with Crippen LogP contribution in [0.2, 0.25) is 0 Å². The van der Waals surface area contributed by atoms with E-state index in [2.05, 4.69) is 4.90 Å². The highest BCUT2D eigenvalue weighted by Crippen LogP contribution is 2.33. The molecule has 2 atom stereocenters. The van der Waals surface area contributed by atoms with Gasteiger partial charge in [-0.3, -0.25) is 0 Å². The number of likely N-dealkylation sites (N-methyl/N-ethyl adjacent to an activating group) is 1. The lowest BCUT2D eigenvalue weighted by atomic mass is 10.1. The summed E-state index contributed by atoms with van der Waals surface area (Å²) in [6.45, 7) is 3.41. The summed E-state index contributed by atoms with van der Waals surface area (Å²) >= 11 is 0. The third kappa shape index (κ3) is 3.05. The van der Waals surface area contributed by atoms with Crippen molar-refractivity contribution in [3.8, 4) is 0 Å². The fourth-order valence-electron chi connectivity index (χ4n) is 3.67. The highest BCUT2D eigenvalue weighted by Gasteiger charge is 2.43. The second-order valence-electron chi connectivity index (χ2n) is 6.61. The lowest BCUT2D eigenvalue weighted by molar-refractivity contribution is 0.289. The Bertz CT molecular complexity index is 662. The van der Waals surface area contributed by atoms with Crippen LogP contribution < -0.4 is 0 Å². The Labute approximate surface area is 132 Å². The van der Waals surface area contributed by atoms with Crippen molar-refractivity contribution >= 4 is 10.0 Å². The standard InChI is InChI=1S/C16H23FN2O2S/c1-12-3-4-13(9-16(12)17)11-22(20,21)19-14-5-6-15(19)10-18(2)8-7-14/h3-4,9,14-15H,5-8,10-11H2,1-2H3/t14-,15+/m0/s1. The van der Waals surface area contributed by atoms with E-state index in [9.17, 15) is 12.8 Å². The number of aryl methyl sites for hydroxylation is 1. The molecule has 2 saturated heterocycles. The first-order valence-electron chi connectivity index (χ1n) is 7.81. The van der Waals surface area contributed by atoms with Gasteiger partial charge in [-0.2, -0.15) is 4.31 Å². The minimum atomic E-state index is -3.41. The highest BCUT2D eigenvalue weighted by atomic mass is 32.2. The second kappa shape index (κ2) is 5.91. The van der Waals surface area contributed by atoms with Crippen LogP contribution in [0.1, 0.15) is 30.4 Å². The molecule has 1 aromatic rings. The molecule has 0 unspecified atom stereocenters. The SMILES string of the molecule is Cc1ccc(CS(=O)(=O)N2[C@H]3CC[C@@H]2CN(C)CC3)cc1F. The number of benzene rings is 1. The van der Waals surface area contributed by atoms with E-state index < -0.39 is 10.0 Å². The first-order chi connectivity index (χ1) is 10.4. The van der Waals surface area contributed by atoms with E-state index in [0.29, 0.717) is 11.1 Å². The number of hydrogen-bond donors (Lipinski definition) is 0. The molecule has 0 aliphatic carbocycles. The maximum Gasteiger partial charge on any atom is 0.218 e. The Morgan fingerprint density at radius 1 is 1.23 bits per heavy atom. The van der Waals surface area contributed by atoms with Gasteiger partial charge in [0.25, 0.3) is 0 Å².